The average Bonchev–Trinajstić information content (AvgIpc) is 2.88. The minimum absolute atomic E-state index is 0.356. The van der Waals surface area contributed by atoms with E-state index >= 15 is 0 Å². The zero-order valence-corrected chi connectivity index (χ0v) is 11.1. The van der Waals surface area contributed by atoms with E-state index < -0.39 is 11.7 Å². The first-order valence-electron chi connectivity index (χ1n) is 6.17. The van der Waals surface area contributed by atoms with Crippen molar-refractivity contribution < 1.29 is 13.2 Å². The molecule has 0 aromatic carbocycles. The van der Waals surface area contributed by atoms with Gasteiger partial charge in [-0.1, -0.05) is 6.92 Å². The predicted octanol–water partition coefficient (Wildman–Crippen LogP) is 2.68. The lowest BCUT2D eigenvalue weighted by atomic mass is 10.2. The van der Waals surface area contributed by atoms with Crippen molar-refractivity contribution >= 4 is 5.82 Å². The molecule has 0 spiro atoms. The summed E-state index contributed by atoms with van der Waals surface area (Å²) in [6, 6.07) is 0. The normalized spacial score (nSPS) is 11.7. The van der Waals surface area contributed by atoms with Crippen LogP contribution < -0.4 is 5.32 Å². The first kappa shape index (κ1) is 14.3. The monoisotopic (exact) mass is 285 g/mol. The summed E-state index contributed by atoms with van der Waals surface area (Å²) in [4.78, 5) is 8.14. The highest BCUT2D eigenvalue weighted by molar-refractivity contribution is 5.51. The van der Waals surface area contributed by atoms with Crippen molar-refractivity contribution in [3.05, 3.63) is 29.8 Å². The van der Waals surface area contributed by atoms with Gasteiger partial charge in [0, 0.05) is 18.3 Å². The van der Waals surface area contributed by atoms with Gasteiger partial charge in [0.25, 0.3) is 0 Å². The lowest BCUT2D eigenvalue weighted by molar-refractivity contribution is -0.137. The molecule has 0 amide bonds. The predicted molar refractivity (Wildman–Crippen MR) is 67.7 cm³/mol. The Morgan fingerprint density at radius 2 is 2.00 bits per heavy atom. The minimum atomic E-state index is -4.41. The zero-order valence-electron chi connectivity index (χ0n) is 11.1. The van der Waals surface area contributed by atoms with E-state index in [2.05, 4.69) is 20.4 Å². The van der Waals surface area contributed by atoms with Crippen molar-refractivity contribution in [2.45, 2.75) is 26.4 Å². The number of anilines is 1. The van der Waals surface area contributed by atoms with Crippen molar-refractivity contribution in [2.24, 2.45) is 0 Å². The molecule has 5 nitrogen and oxygen atoms in total. The van der Waals surface area contributed by atoms with Gasteiger partial charge in [-0.2, -0.15) is 18.3 Å². The van der Waals surface area contributed by atoms with E-state index in [9.17, 15) is 13.2 Å². The molecule has 0 fully saturated rings. The van der Waals surface area contributed by atoms with Crippen LogP contribution in [0.4, 0.5) is 19.0 Å². The standard InChI is InChI=1S/C12H14F3N5/c1-3-9-10(16-4-2)17-7-18-11(9)20-6-8(5-19-20)12(13,14)15/h5-7H,3-4H2,1-2H3,(H,16,17,18). The fraction of sp³-hybridized carbons (Fsp3) is 0.417. The summed E-state index contributed by atoms with van der Waals surface area (Å²) in [7, 11) is 0. The topological polar surface area (TPSA) is 55.6 Å². The van der Waals surface area contributed by atoms with Gasteiger partial charge in [0.05, 0.1) is 11.8 Å². The molecule has 2 rings (SSSR count). The van der Waals surface area contributed by atoms with Crippen molar-refractivity contribution in [2.75, 3.05) is 11.9 Å². The number of nitrogens with one attached hydrogen (secondary N) is 1. The van der Waals surface area contributed by atoms with Crippen molar-refractivity contribution in [1.82, 2.24) is 19.7 Å². The Morgan fingerprint density at radius 3 is 2.55 bits per heavy atom. The number of halogens is 3. The van der Waals surface area contributed by atoms with Gasteiger partial charge in [-0.3, -0.25) is 0 Å². The molecule has 1 N–H and O–H groups in total. The molecule has 0 unspecified atom stereocenters. The molecule has 0 radical (unpaired) electrons. The van der Waals surface area contributed by atoms with Gasteiger partial charge in [-0.05, 0) is 13.3 Å². The number of alkyl halides is 3. The molecule has 0 bridgehead atoms. The minimum Gasteiger partial charge on any atom is -0.370 e. The quantitative estimate of drug-likeness (QED) is 0.938. The number of rotatable bonds is 4. The Hall–Kier alpha value is -2.12. The highest BCUT2D eigenvalue weighted by Crippen LogP contribution is 2.29. The first-order chi connectivity index (χ1) is 9.47. The van der Waals surface area contributed by atoms with Gasteiger partial charge in [0.2, 0.25) is 0 Å². The second-order valence-electron chi connectivity index (χ2n) is 4.08. The van der Waals surface area contributed by atoms with E-state index in [-0.39, 0.29) is 0 Å². The summed E-state index contributed by atoms with van der Waals surface area (Å²) in [6.07, 6.45) is -0.811. The molecule has 8 heteroatoms. The van der Waals surface area contributed by atoms with Crippen LogP contribution in [0.2, 0.25) is 0 Å². The Morgan fingerprint density at radius 1 is 1.25 bits per heavy atom. The molecule has 2 aromatic rings. The van der Waals surface area contributed by atoms with Gasteiger partial charge in [0.15, 0.2) is 5.82 Å². The molecule has 2 aromatic heterocycles. The lowest BCUT2D eigenvalue weighted by Gasteiger charge is -2.11. The first-order valence-corrected chi connectivity index (χ1v) is 6.17. The highest BCUT2D eigenvalue weighted by Gasteiger charge is 2.32. The van der Waals surface area contributed by atoms with E-state index in [1.54, 1.807) is 0 Å². The average molecular weight is 285 g/mol. The fourth-order valence-corrected chi connectivity index (χ4v) is 1.83. The Labute approximate surface area is 113 Å². The van der Waals surface area contributed by atoms with Crippen LogP contribution in [0.3, 0.4) is 0 Å². The van der Waals surface area contributed by atoms with Crippen LogP contribution >= 0.6 is 0 Å². The molecule has 0 aliphatic rings. The molecule has 0 aliphatic carbocycles. The molecular weight excluding hydrogens is 271 g/mol. The van der Waals surface area contributed by atoms with E-state index in [0.29, 0.717) is 24.6 Å². The largest absolute Gasteiger partial charge is 0.419 e. The number of hydrogen-bond acceptors (Lipinski definition) is 4. The van der Waals surface area contributed by atoms with E-state index in [4.69, 9.17) is 0 Å². The smallest absolute Gasteiger partial charge is 0.370 e. The van der Waals surface area contributed by atoms with Gasteiger partial charge in [-0.15, -0.1) is 0 Å². The Bertz CT molecular complexity index is 591. The fourth-order valence-electron chi connectivity index (χ4n) is 1.83. The molecule has 2 heterocycles. The van der Waals surface area contributed by atoms with Gasteiger partial charge in [-0.25, -0.2) is 14.6 Å². The summed E-state index contributed by atoms with van der Waals surface area (Å²) >= 11 is 0. The molecule has 0 saturated heterocycles. The maximum Gasteiger partial charge on any atom is 0.419 e. The van der Waals surface area contributed by atoms with Gasteiger partial charge < -0.3 is 5.32 Å². The third-order valence-electron chi connectivity index (χ3n) is 2.75. The van der Waals surface area contributed by atoms with Crippen LogP contribution in [0.25, 0.3) is 5.82 Å². The van der Waals surface area contributed by atoms with Crippen LogP contribution in [0.5, 0.6) is 0 Å². The van der Waals surface area contributed by atoms with Crippen molar-refractivity contribution in [1.29, 1.82) is 0 Å². The van der Waals surface area contributed by atoms with Crippen LogP contribution in [-0.4, -0.2) is 26.3 Å². The maximum absolute atomic E-state index is 12.6. The number of aromatic nitrogens is 4. The summed E-state index contributed by atoms with van der Waals surface area (Å²) < 4.78 is 38.9. The van der Waals surface area contributed by atoms with Crippen LogP contribution in [-0.2, 0) is 12.6 Å². The SMILES string of the molecule is CCNc1ncnc(-n2cc(C(F)(F)F)cn2)c1CC. The summed E-state index contributed by atoms with van der Waals surface area (Å²) in [6.45, 7) is 4.46. The van der Waals surface area contributed by atoms with Crippen molar-refractivity contribution in [3.8, 4) is 5.82 Å². The van der Waals surface area contributed by atoms with E-state index in [1.807, 2.05) is 13.8 Å². The van der Waals surface area contributed by atoms with E-state index in [0.717, 1.165) is 22.6 Å². The molecule has 108 valence electrons. The number of hydrogen-bond donors (Lipinski definition) is 1. The van der Waals surface area contributed by atoms with Crippen LogP contribution in [0.1, 0.15) is 25.0 Å². The molecule has 0 aliphatic heterocycles. The van der Waals surface area contributed by atoms with Gasteiger partial charge >= 0.3 is 6.18 Å². The maximum atomic E-state index is 12.6. The third kappa shape index (κ3) is 2.73. The second-order valence-corrected chi connectivity index (χ2v) is 4.08. The molecule has 0 atom stereocenters. The molecule has 0 saturated carbocycles. The Kier molecular flexibility index (Phi) is 3.91. The van der Waals surface area contributed by atoms with Crippen molar-refractivity contribution in [3.63, 3.8) is 0 Å². The molecule has 20 heavy (non-hydrogen) atoms. The highest BCUT2D eigenvalue weighted by atomic mass is 19.4. The summed E-state index contributed by atoms with van der Waals surface area (Å²) in [5, 5.41) is 6.80. The van der Waals surface area contributed by atoms with Gasteiger partial charge in [0.1, 0.15) is 12.1 Å². The molecular formula is C12H14F3N5. The zero-order chi connectivity index (χ0) is 14.8. The van der Waals surface area contributed by atoms with Crippen LogP contribution in [0.15, 0.2) is 18.7 Å². The third-order valence-corrected chi connectivity index (χ3v) is 2.75. The Balaban J connectivity index is 2.47. The number of nitrogens with zero attached hydrogens (tertiary/aromatic N) is 4. The van der Waals surface area contributed by atoms with Crippen LogP contribution in [0, 0.1) is 0 Å². The van der Waals surface area contributed by atoms with E-state index in [1.165, 1.54) is 6.33 Å². The summed E-state index contributed by atoms with van der Waals surface area (Å²) in [5.41, 5.74) is -0.0747. The summed E-state index contributed by atoms with van der Waals surface area (Å²) in [5.74, 6) is 0.970. The lowest BCUT2D eigenvalue weighted by Crippen LogP contribution is -2.10. The second kappa shape index (κ2) is 5.48.